The molecule has 3 rings (SSSR count). The number of nitrogens with zero attached hydrogens (tertiary/aromatic N) is 1. The number of hydrogen-bond donors (Lipinski definition) is 1. The van der Waals surface area contributed by atoms with Gasteiger partial charge < -0.3 is 5.32 Å². The van der Waals surface area contributed by atoms with E-state index in [0.29, 0.717) is 11.6 Å². The van der Waals surface area contributed by atoms with E-state index in [1.54, 1.807) is 6.20 Å². The Morgan fingerprint density at radius 1 is 1.22 bits per heavy atom. The summed E-state index contributed by atoms with van der Waals surface area (Å²) in [6.07, 6.45) is 3.93. The summed E-state index contributed by atoms with van der Waals surface area (Å²) >= 11 is 1.49. The quantitative estimate of drug-likeness (QED) is 0.918. The molecule has 1 saturated carbocycles. The normalized spacial score (nSPS) is 16.8. The molecule has 1 aromatic carbocycles. The van der Waals surface area contributed by atoms with Crippen molar-refractivity contribution >= 4 is 11.3 Å². The number of nitrogens with one attached hydrogen (secondary N) is 1. The SMILES string of the molecule is Fc1cc(F)cc(C(NC2CC2)c2nccs2)c1. The number of hydrogen-bond acceptors (Lipinski definition) is 3. The highest BCUT2D eigenvalue weighted by Gasteiger charge is 2.28. The molecule has 1 heterocycles. The van der Waals surface area contributed by atoms with Gasteiger partial charge in [0.1, 0.15) is 16.6 Å². The van der Waals surface area contributed by atoms with Crippen molar-refractivity contribution in [1.82, 2.24) is 10.3 Å². The second kappa shape index (κ2) is 4.74. The van der Waals surface area contributed by atoms with Gasteiger partial charge in [-0.2, -0.15) is 0 Å². The second-order valence-electron chi connectivity index (χ2n) is 4.45. The van der Waals surface area contributed by atoms with E-state index in [-0.39, 0.29) is 6.04 Å². The zero-order valence-corrected chi connectivity index (χ0v) is 10.4. The van der Waals surface area contributed by atoms with Crippen LogP contribution in [0.5, 0.6) is 0 Å². The summed E-state index contributed by atoms with van der Waals surface area (Å²) in [5.41, 5.74) is 0.592. The Balaban J connectivity index is 1.96. The molecule has 0 spiro atoms. The minimum atomic E-state index is -0.552. The molecule has 94 valence electrons. The molecule has 0 amide bonds. The van der Waals surface area contributed by atoms with E-state index in [9.17, 15) is 8.78 Å². The van der Waals surface area contributed by atoms with Crippen LogP contribution in [-0.4, -0.2) is 11.0 Å². The Morgan fingerprint density at radius 3 is 2.50 bits per heavy atom. The fraction of sp³-hybridized carbons (Fsp3) is 0.308. The average molecular weight is 266 g/mol. The van der Waals surface area contributed by atoms with Gasteiger partial charge in [-0.15, -0.1) is 11.3 Å². The van der Waals surface area contributed by atoms with E-state index in [1.165, 1.54) is 23.5 Å². The van der Waals surface area contributed by atoms with Gasteiger partial charge in [-0.25, -0.2) is 13.8 Å². The molecule has 0 bridgehead atoms. The van der Waals surface area contributed by atoms with E-state index in [1.807, 2.05) is 5.38 Å². The third kappa shape index (κ3) is 2.57. The van der Waals surface area contributed by atoms with Gasteiger partial charge in [-0.05, 0) is 30.5 Å². The summed E-state index contributed by atoms with van der Waals surface area (Å²) in [7, 11) is 0. The summed E-state index contributed by atoms with van der Waals surface area (Å²) in [6, 6.07) is 3.84. The monoisotopic (exact) mass is 266 g/mol. The maximum atomic E-state index is 13.3. The lowest BCUT2D eigenvalue weighted by Crippen LogP contribution is -2.24. The van der Waals surface area contributed by atoms with Gasteiger partial charge in [0.15, 0.2) is 0 Å². The Hall–Kier alpha value is -1.33. The number of benzene rings is 1. The summed E-state index contributed by atoms with van der Waals surface area (Å²) in [6.45, 7) is 0. The third-order valence-corrected chi connectivity index (χ3v) is 3.74. The van der Waals surface area contributed by atoms with Crippen molar-refractivity contribution in [2.75, 3.05) is 0 Å². The second-order valence-corrected chi connectivity index (χ2v) is 5.37. The van der Waals surface area contributed by atoms with Crippen LogP contribution in [0, 0.1) is 11.6 Å². The molecule has 1 fully saturated rings. The van der Waals surface area contributed by atoms with Crippen molar-refractivity contribution in [2.24, 2.45) is 0 Å². The number of halogens is 2. The molecular formula is C13H12F2N2S. The van der Waals surface area contributed by atoms with Crippen LogP contribution in [0.2, 0.25) is 0 Å². The zero-order chi connectivity index (χ0) is 12.5. The van der Waals surface area contributed by atoms with Crippen molar-refractivity contribution in [2.45, 2.75) is 24.9 Å². The highest BCUT2D eigenvalue weighted by Crippen LogP contribution is 2.30. The van der Waals surface area contributed by atoms with Crippen molar-refractivity contribution < 1.29 is 8.78 Å². The smallest absolute Gasteiger partial charge is 0.126 e. The summed E-state index contributed by atoms with van der Waals surface area (Å²) in [5, 5.41) is 6.09. The molecule has 1 atom stereocenters. The first-order valence-corrected chi connectivity index (χ1v) is 6.72. The molecule has 2 nitrogen and oxygen atoms in total. The van der Waals surface area contributed by atoms with Crippen LogP contribution in [-0.2, 0) is 0 Å². The molecule has 1 aliphatic rings. The van der Waals surface area contributed by atoms with Crippen molar-refractivity contribution in [1.29, 1.82) is 0 Å². The average Bonchev–Trinajstić information content (AvgIpc) is 2.97. The highest BCUT2D eigenvalue weighted by molar-refractivity contribution is 7.09. The van der Waals surface area contributed by atoms with Crippen LogP contribution >= 0.6 is 11.3 Å². The lowest BCUT2D eigenvalue weighted by molar-refractivity contribution is 0.557. The van der Waals surface area contributed by atoms with E-state index in [0.717, 1.165) is 23.9 Å². The third-order valence-electron chi connectivity index (χ3n) is 2.90. The van der Waals surface area contributed by atoms with Crippen LogP contribution < -0.4 is 5.32 Å². The lowest BCUT2D eigenvalue weighted by atomic mass is 10.1. The topological polar surface area (TPSA) is 24.9 Å². The minimum Gasteiger partial charge on any atom is -0.301 e. The van der Waals surface area contributed by atoms with Crippen LogP contribution in [0.15, 0.2) is 29.8 Å². The molecule has 1 unspecified atom stereocenters. The Morgan fingerprint density at radius 2 is 1.94 bits per heavy atom. The summed E-state index contributed by atoms with van der Waals surface area (Å²) in [4.78, 5) is 4.24. The zero-order valence-electron chi connectivity index (χ0n) is 9.57. The highest BCUT2D eigenvalue weighted by atomic mass is 32.1. The molecular weight excluding hydrogens is 254 g/mol. The molecule has 1 aromatic heterocycles. The molecule has 0 aliphatic heterocycles. The van der Waals surface area contributed by atoms with E-state index >= 15 is 0 Å². The van der Waals surface area contributed by atoms with E-state index in [4.69, 9.17) is 0 Å². The predicted octanol–water partition coefficient (Wildman–Crippen LogP) is 3.26. The lowest BCUT2D eigenvalue weighted by Gasteiger charge is -2.16. The molecule has 2 aromatic rings. The fourth-order valence-corrected chi connectivity index (χ4v) is 2.64. The number of thiazole rings is 1. The maximum Gasteiger partial charge on any atom is 0.126 e. The Labute approximate surface area is 108 Å². The largest absolute Gasteiger partial charge is 0.301 e. The number of aromatic nitrogens is 1. The summed E-state index contributed by atoms with van der Waals surface area (Å²) < 4.78 is 26.6. The van der Waals surface area contributed by atoms with Crippen LogP contribution in [0.25, 0.3) is 0 Å². The van der Waals surface area contributed by atoms with Crippen molar-refractivity contribution in [3.8, 4) is 0 Å². The number of rotatable bonds is 4. The minimum absolute atomic E-state index is 0.220. The van der Waals surface area contributed by atoms with Gasteiger partial charge in [0.05, 0.1) is 6.04 Å². The van der Waals surface area contributed by atoms with E-state index < -0.39 is 11.6 Å². The molecule has 18 heavy (non-hydrogen) atoms. The Bertz CT molecular complexity index is 518. The fourth-order valence-electron chi connectivity index (χ4n) is 1.91. The first-order valence-electron chi connectivity index (χ1n) is 5.84. The molecule has 1 N–H and O–H groups in total. The maximum absolute atomic E-state index is 13.3. The van der Waals surface area contributed by atoms with Gasteiger partial charge in [-0.1, -0.05) is 0 Å². The van der Waals surface area contributed by atoms with Gasteiger partial charge in [-0.3, -0.25) is 0 Å². The standard InChI is InChI=1S/C13H12F2N2S/c14-9-5-8(6-10(15)7-9)12(17-11-1-2-11)13-16-3-4-18-13/h3-7,11-12,17H,1-2H2. The molecule has 1 aliphatic carbocycles. The van der Waals surface area contributed by atoms with Crippen LogP contribution in [0.3, 0.4) is 0 Å². The van der Waals surface area contributed by atoms with Crippen molar-refractivity contribution in [3.05, 3.63) is 52.0 Å². The van der Waals surface area contributed by atoms with Crippen LogP contribution in [0.4, 0.5) is 8.78 Å². The molecule has 5 heteroatoms. The first-order chi connectivity index (χ1) is 8.72. The predicted molar refractivity (Wildman–Crippen MR) is 66.5 cm³/mol. The summed E-state index contributed by atoms with van der Waals surface area (Å²) in [5.74, 6) is -1.10. The molecule has 0 radical (unpaired) electrons. The van der Waals surface area contributed by atoms with Crippen molar-refractivity contribution in [3.63, 3.8) is 0 Å². The molecule has 0 saturated heterocycles. The van der Waals surface area contributed by atoms with Gasteiger partial charge >= 0.3 is 0 Å². The Kier molecular flexibility index (Phi) is 3.09. The van der Waals surface area contributed by atoms with Gasteiger partial charge in [0.25, 0.3) is 0 Å². The van der Waals surface area contributed by atoms with Gasteiger partial charge in [0, 0.05) is 23.7 Å². The van der Waals surface area contributed by atoms with E-state index in [2.05, 4.69) is 10.3 Å². The van der Waals surface area contributed by atoms with Gasteiger partial charge in [0.2, 0.25) is 0 Å². The first kappa shape index (κ1) is 11.7. The van der Waals surface area contributed by atoms with Crippen LogP contribution in [0.1, 0.15) is 29.5 Å².